The van der Waals surface area contributed by atoms with Crippen LogP contribution in [-0.2, 0) is 19.7 Å². The summed E-state index contributed by atoms with van der Waals surface area (Å²) in [5.74, 6) is -0.399. The minimum atomic E-state index is -0.399. The van der Waals surface area contributed by atoms with E-state index in [-0.39, 0.29) is 17.6 Å². The van der Waals surface area contributed by atoms with Gasteiger partial charge in [0.15, 0.2) is 5.43 Å². The smallest absolute Gasteiger partial charge is 0.189 e. The highest BCUT2D eigenvalue weighted by molar-refractivity contribution is 5.78. The molecule has 6 heteroatoms. The number of benzene rings is 2. The van der Waals surface area contributed by atoms with Crippen LogP contribution in [0.4, 0.5) is 4.39 Å². The first-order valence-electron chi connectivity index (χ1n) is 9.57. The molecule has 0 bridgehead atoms. The molecule has 1 aliphatic heterocycles. The third-order valence-corrected chi connectivity index (χ3v) is 5.41. The lowest BCUT2D eigenvalue weighted by Crippen LogP contribution is -2.45. The van der Waals surface area contributed by atoms with Gasteiger partial charge in [-0.2, -0.15) is 0 Å². The van der Waals surface area contributed by atoms with Gasteiger partial charge in [-0.1, -0.05) is 30.3 Å². The number of hydrogen-bond donors (Lipinski definition) is 2. The predicted octanol–water partition coefficient (Wildman–Crippen LogP) is 2.48. The zero-order valence-corrected chi connectivity index (χ0v) is 15.7. The molecule has 0 atom stereocenters. The van der Waals surface area contributed by atoms with Gasteiger partial charge in [0.25, 0.3) is 0 Å². The van der Waals surface area contributed by atoms with E-state index in [1.54, 1.807) is 18.2 Å². The zero-order chi connectivity index (χ0) is 19.5. The van der Waals surface area contributed by atoms with Crippen LogP contribution in [-0.4, -0.2) is 46.1 Å². The summed E-state index contributed by atoms with van der Waals surface area (Å²) in [5, 5.41) is 9.87. The summed E-state index contributed by atoms with van der Waals surface area (Å²) in [6, 6.07) is 14.1. The van der Waals surface area contributed by atoms with Crippen molar-refractivity contribution in [3.05, 3.63) is 81.4 Å². The summed E-state index contributed by atoms with van der Waals surface area (Å²) in [4.78, 5) is 20.0. The Bertz CT molecular complexity index is 1030. The second-order valence-corrected chi connectivity index (χ2v) is 7.30. The molecule has 1 fully saturated rings. The molecule has 0 aliphatic carbocycles. The van der Waals surface area contributed by atoms with Crippen LogP contribution in [0.1, 0.15) is 16.8 Å². The molecule has 2 N–H and O–H groups in total. The lowest BCUT2D eigenvalue weighted by molar-refractivity contribution is 0.120. The molecule has 2 aromatic carbocycles. The number of H-pyrrole nitrogens is 1. The molecular weight excluding hydrogens is 357 g/mol. The van der Waals surface area contributed by atoms with Gasteiger partial charge in [0.1, 0.15) is 5.82 Å². The lowest BCUT2D eigenvalue weighted by atomic mass is 10.1. The number of halogens is 1. The number of aromatic nitrogens is 1. The highest BCUT2D eigenvalue weighted by Gasteiger charge is 2.18. The number of aliphatic hydroxyl groups excluding tert-OH is 1. The highest BCUT2D eigenvalue weighted by Crippen LogP contribution is 2.16. The van der Waals surface area contributed by atoms with Crippen molar-refractivity contribution in [3.63, 3.8) is 0 Å². The van der Waals surface area contributed by atoms with Crippen LogP contribution in [0.3, 0.4) is 0 Å². The first-order valence-corrected chi connectivity index (χ1v) is 9.57. The van der Waals surface area contributed by atoms with E-state index >= 15 is 0 Å². The average Bonchev–Trinajstić information content (AvgIpc) is 2.71. The fraction of sp³-hybridized carbons (Fsp3) is 0.318. The van der Waals surface area contributed by atoms with Crippen molar-refractivity contribution < 1.29 is 9.50 Å². The Balaban J connectivity index is 1.40. The Morgan fingerprint density at radius 3 is 2.32 bits per heavy atom. The number of fused-ring (bicyclic) bond motifs is 1. The predicted molar refractivity (Wildman–Crippen MR) is 107 cm³/mol. The third-order valence-electron chi connectivity index (χ3n) is 5.41. The number of para-hydroxylation sites is 1. The second kappa shape index (κ2) is 8.22. The average molecular weight is 381 g/mol. The molecule has 28 heavy (non-hydrogen) atoms. The number of piperazine rings is 1. The molecule has 4 rings (SSSR count). The molecule has 1 saturated heterocycles. The van der Waals surface area contributed by atoms with E-state index in [9.17, 15) is 14.3 Å². The van der Waals surface area contributed by atoms with Crippen molar-refractivity contribution in [1.29, 1.82) is 0 Å². The van der Waals surface area contributed by atoms with E-state index in [4.69, 9.17) is 0 Å². The number of aromatic amines is 1. The minimum Gasteiger partial charge on any atom is -0.392 e. The summed E-state index contributed by atoms with van der Waals surface area (Å²) >= 11 is 0. The maximum absolute atomic E-state index is 14.0. The van der Waals surface area contributed by atoms with Crippen LogP contribution in [0.5, 0.6) is 0 Å². The minimum absolute atomic E-state index is 0.0576. The Morgan fingerprint density at radius 2 is 1.61 bits per heavy atom. The van der Waals surface area contributed by atoms with E-state index in [0.717, 1.165) is 49.5 Å². The molecule has 0 spiro atoms. The van der Waals surface area contributed by atoms with E-state index in [2.05, 4.69) is 20.9 Å². The van der Waals surface area contributed by atoms with Gasteiger partial charge in [0.05, 0.1) is 12.1 Å². The van der Waals surface area contributed by atoms with Crippen LogP contribution < -0.4 is 5.43 Å². The van der Waals surface area contributed by atoms with E-state index in [0.29, 0.717) is 11.9 Å². The van der Waals surface area contributed by atoms with Gasteiger partial charge in [-0.3, -0.25) is 14.6 Å². The van der Waals surface area contributed by atoms with E-state index in [1.165, 1.54) is 6.07 Å². The van der Waals surface area contributed by atoms with Crippen LogP contribution in [0.15, 0.2) is 53.3 Å². The van der Waals surface area contributed by atoms with Crippen molar-refractivity contribution in [1.82, 2.24) is 14.8 Å². The van der Waals surface area contributed by atoms with Crippen LogP contribution in [0.2, 0.25) is 0 Å². The van der Waals surface area contributed by atoms with Crippen LogP contribution in [0, 0.1) is 5.82 Å². The van der Waals surface area contributed by atoms with Gasteiger partial charge in [0, 0.05) is 56.4 Å². The van der Waals surface area contributed by atoms with E-state index in [1.807, 2.05) is 18.2 Å². The first-order chi connectivity index (χ1) is 13.6. The normalized spacial score (nSPS) is 15.9. The summed E-state index contributed by atoms with van der Waals surface area (Å²) in [7, 11) is 0. The second-order valence-electron chi connectivity index (χ2n) is 7.30. The van der Waals surface area contributed by atoms with Crippen molar-refractivity contribution in [2.75, 3.05) is 26.2 Å². The monoisotopic (exact) mass is 381 g/mol. The molecular formula is C22H24FN3O2. The van der Waals surface area contributed by atoms with Gasteiger partial charge in [-0.05, 0) is 23.3 Å². The van der Waals surface area contributed by atoms with Gasteiger partial charge < -0.3 is 10.1 Å². The van der Waals surface area contributed by atoms with Crippen LogP contribution >= 0.6 is 0 Å². The topological polar surface area (TPSA) is 59.6 Å². The third kappa shape index (κ3) is 3.99. The summed E-state index contributed by atoms with van der Waals surface area (Å²) in [6.45, 7) is 5.04. The Hall–Kier alpha value is -2.54. The largest absolute Gasteiger partial charge is 0.392 e. The molecule has 146 valence electrons. The molecule has 1 aliphatic rings. The SMILES string of the molecule is O=c1cc(CN2CCN(Cc3ccccc3CO)CC2)[nH]c2c(F)cccc12. The Labute approximate surface area is 163 Å². The van der Waals surface area contributed by atoms with Crippen molar-refractivity contribution in [2.45, 2.75) is 19.7 Å². The van der Waals surface area contributed by atoms with E-state index < -0.39 is 5.82 Å². The molecule has 0 saturated carbocycles. The molecule has 3 aromatic rings. The number of rotatable bonds is 5. The van der Waals surface area contributed by atoms with Gasteiger partial charge >= 0.3 is 0 Å². The summed E-state index contributed by atoms with van der Waals surface area (Å²) in [6.07, 6.45) is 0. The van der Waals surface area contributed by atoms with Crippen molar-refractivity contribution >= 4 is 10.9 Å². The summed E-state index contributed by atoms with van der Waals surface area (Å²) in [5.41, 5.74) is 3.00. The molecule has 2 heterocycles. The lowest BCUT2D eigenvalue weighted by Gasteiger charge is -2.35. The van der Waals surface area contributed by atoms with Gasteiger partial charge in [0.2, 0.25) is 0 Å². The number of hydrogen-bond acceptors (Lipinski definition) is 4. The Kier molecular flexibility index (Phi) is 5.52. The number of aliphatic hydroxyl groups is 1. The number of pyridine rings is 1. The van der Waals surface area contributed by atoms with Gasteiger partial charge in [-0.15, -0.1) is 0 Å². The maximum atomic E-state index is 14.0. The Morgan fingerprint density at radius 1 is 0.929 bits per heavy atom. The molecule has 5 nitrogen and oxygen atoms in total. The van der Waals surface area contributed by atoms with Gasteiger partial charge in [-0.25, -0.2) is 4.39 Å². The fourth-order valence-electron chi connectivity index (χ4n) is 3.83. The van der Waals surface area contributed by atoms with Crippen molar-refractivity contribution in [3.8, 4) is 0 Å². The molecule has 1 aromatic heterocycles. The molecule has 0 radical (unpaired) electrons. The molecule has 0 amide bonds. The van der Waals surface area contributed by atoms with Crippen LogP contribution in [0.25, 0.3) is 10.9 Å². The quantitative estimate of drug-likeness (QED) is 0.713. The fourth-order valence-corrected chi connectivity index (χ4v) is 3.83. The standard InChI is InChI=1S/C22H24FN3O2/c23-20-7-3-6-19-21(28)12-18(24-22(19)20)14-26-10-8-25(9-11-26)13-16-4-1-2-5-17(16)15-27/h1-7,12,27H,8-11,13-15H2,(H,24,28). The number of nitrogens with one attached hydrogen (secondary N) is 1. The summed E-state index contributed by atoms with van der Waals surface area (Å²) < 4.78 is 14.0. The first kappa shape index (κ1) is 18.8. The maximum Gasteiger partial charge on any atom is 0.189 e. The highest BCUT2D eigenvalue weighted by atomic mass is 19.1. The zero-order valence-electron chi connectivity index (χ0n) is 15.7. The number of nitrogens with zero attached hydrogens (tertiary/aromatic N) is 2. The molecule has 0 unspecified atom stereocenters. The van der Waals surface area contributed by atoms with Crippen molar-refractivity contribution in [2.24, 2.45) is 0 Å².